The quantitative estimate of drug-likeness (QED) is 0.845. The monoisotopic (exact) mass is 335 g/mol. The van der Waals surface area contributed by atoms with Crippen molar-refractivity contribution in [1.82, 2.24) is 14.8 Å². The molecule has 0 aliphatic carbocycles. The van der Waals surface area contributed by atoms with Crippen LogP contribution in [-0.2, 0) is 17.4 Å². The number of aromatic nitrogens is 2. The van der Waals surface area contributed by atoms with Gasteiger partial charge in [-0.15, -0.1) is 0 Å². The van der Waals surface area contributed by atoms with Gasteiger partial charge in [0.2, 0.25) is 13.9 Å². The molecule has 0 fully saturated rings. The van der Waals surface area contributed by atoms with Crippen molar-refractivity contribution in [3.8, 4) is 0 Å². The van der Waals surface area contributed by atoms with E-state index in [1.807, 2.05) is 0 Å². The first kappa shape index (κ1) is 17.9. The van der Waals surface area contributed by atoms with E-state index in [-0.39, 0.29) is 13.0 Å². The average molecular weight is 335 g/mol. The lowest BCUT2D eigenvalue weighted by molar-refractivity contribution is -0.141. The Hall–Kier alpha value is -2.42. The Morgan fingerprint density at radius 3 is 2.58 bits per heavy atom. The van der Waals surface area contributed by atoms with Crippen LogP contribution >= 0.6 is 0 Å². The number of rotatable bonds is 5. The van der Waals surface area contributed by atoms with Gasteiger partial charge in [0.25, 0.3) is 0 Å². The summed E-state index contributed by atoms with van der Waals surface area (Å²) in [7, 11) is 5.61. The molecule has 2 heterocycles. The highest BCUT2D eigenvalue weighted by Gasteiger charge is 2.32. The van der Waals surface area contributed by atoms with Gasteiger partial charge in [-0.2, -0.15) is 13.2 Å². The number of carbonyl (C=O) groups is 1. The number of hydrogen-bond donors (Lipinski definition) is 1. The lowest BCUT2D eigenvalue weighted by Gasteiger charge is -2.21. The molecule has 1 amide bonds. The predicted octanol–water partition coefficient (Wildman–Crippen LogP) is 1.68. The molecule has 2 aromatic rings. The second kappa shape index (κ2) is 7.44. The molecule has 0 aliphatic rings. The first-order valence-corrected chi connectivity index (χ1v) is 6.92. The third-order valence-electron chi connectivity index (χ3n) is 3.23. The standard InChI is InChI=1S/C15H13BF3N3O2/c16-22(9-12(23)11-2-1-5-20-8-11)14(24)6-10-3-4-13(21-7-10)15(17,18)19/h1-5,7-8,12,23H,6,9H2. The highest BCUT2D eigenvalue weighted by atomic mass is 19.4. The summed E-state index contributed by atoms with van der Waals surface area (Å²) < 4.78 is 37.3. The van der Waals surface area contributed by atoms with E-state index in [2.05, 4.69) is 9.97 Å². The molecular weight excluding hydrogens is 322 g/mol. The van der Waals surface area contributed by atoms with Gasteiger partial charge >= 0.3 is 6.18 Å². The molecule has 0 spiro atoms. The zero-order chi connectivity index (χ0) is 17.7. The third kappa shape index (κ3) is 4.79. The van der Waals surface area contributed by atoms with E-state index in [9.17, 15) is 23.1 Å². The van der Waals surface area contributed by atoms with Crippen molar-refractivity contribution in [2.24, 2.45) is 0 Å². The molecule has 0 bridgehead atoms. The zero-order valence-corrected chi connectivity index (χ0v) is 12.4. The minimum absolute atomic E-state index is 0.168. The van der Waals surface area contributed by atoms with E-state index in [4.69, 9.17) is 7.98 Å². The molecule has 0 aliphatic heterocycles. The average Bonchev–Trinajstić information content (AvgIpc) is 2.55. The minimum Gasteiger partial charge on any atom is -0.394 e. The summed E-state index contributed by atoms with van der Waals surface area (Å²) >= 11 is 0. The topological polar surface area (TPSA) is 66.3 Å². The molecular formula is C15H13BF3N3O2. The van der Waals surface area contributed by atoms with E-state index >= 15 is 0 Å². The first-order valence-electron chi connectivity index (χ1n) is 6.92. The van der Waals surface area contributed by atoms with Gasteiger partial charge in [0, 0.05) is 30.7 Å². The highest BCUT2D eigenvalue weighted by Crippen LogP contribution is 2.27. The second-order valence-electron chi connectivity index (χ2n) is 5.07. The number of aliphatic hydroxyl groups excluding tert-OH is 1. The molecule has 2 radical (unpaired) electrons. The van der Waals surface area contributed by atoms with Crippen LogP contribution in [0.3, 0.4) is 0 Å². The summed E-state index contributed by atoms with van der Waals surface area (Å²) in [4.78, 5) is 19.9. The lowest BCUT2D eigenvalue weighted by atomic mass is 10.1. The summed E-state index contributed by atoms with van der Waals surface area (Å²) in [5.41, 5.74) is -0.244. The number of alkyl halides is 3. The number of hydrogen-bond acceptors (Lipinski definition) is 4. The van der Waals surface area contributed by atoms with E-state index in [1.165, 1.54) is 12.3 Å². The molecule has 1 atom stereocenters. The first-order chi connectivity index (χ1) is 11.3. The number of amides is 1. The van der Waals surface area contributed by atoms with Gasteiger partial charge in [-0.3, -0.25) is 14.8 Å². The fraction of sp³-hybridized carbons (Fsp3) is 0.267. The van der Waals surface area contributed by atoms with Crippen LogP contribution in [0.25, 0.3) is 0 Å². The predicted molar refractivity (Wildman–Crippen MR) is 79.6 cm³/mol. The van der Waals surface area contributed by atoms with Crippen LogP contribution in [-0.4, -0.2) is 40.3 Å². The van der Waals surface area contributed by atoms with Gasteiger partial charge in [-0.1, -0.05) is 12.1 Å². The van der Waals surface area contributed by atoms with Crippen LogP contribution in [0.2, 0.25) is 0 Å². The van der Waals surface area contributed by atoms with Gasteiger partial charge in [0.05, 0.1) is 12.5 Å². The fourth-order valence-electron chi connectivity index (χ4n) is 1.94. The Kier molecular flexibility index (Phi) is 5.56. The van der Waals surface area contributed by atoms with Crippen LogP contribution in [0, 0.1) is 0 Å². The Labute approximate surface area is 137 Å². The number of carbonyl (C=O) groups excluding carboxylic acids is 1. The molecule has 24 heavy (non-hydrogen) atoms. The van der Waals surface area contributed by atoms with Gasteiger partial charge in [-0.05, 0) is 17.7 Å². The summed E-state index contributed by atoms with van der Waals surface area (Å²) in [6, 6.07) is 5.23. The summed E-state index contributed by atoms with van der Waals surface area (Å²) in [6.45, 7) is -0.168. The van der Waals surface area contributed by atoms with Crippen molar-refractivity contribution in [2.75, 3.05) is 6.54 Å². The molecule has 2 rings (SSSR count). The summed E-state index contributed by atoms with van der Waals surface area (Å²) in [6.07, 6.45) is -1.80. The Morgan fingerprint density at radius 1 is 1.29 bits per heavy atom. The van der Waals surface area contributed by atoms with Crippen molar-refractivity contribution < 1.29 is 23.1 Å². The largest absolute Gasteiger partial charge is 0.433 e. The lowest BCUT2D eigenvalue weighted by Crippen LogP contribution is -2.33. The molecule has 1 unspecified atom stereocenters. The molecule has 0 saturated heterocycles. The number of pyridine rings is 2. The van der Waals surface area contributed by atoms with Gasteiger partial charge in [-0.25, -0.2) is 0 Å². The maximum atomic E-state index is 12.4. The molecule has 0 aromatic carbocycles. The highest BCUT2D eigenvalue weighted by molar-refractivity contribution is 6.14. The molecule has 124 valence electrons. The second-order valence-corrected chi connectivity index (χ2v) is 5.07. The van der Waals surface area contributed by atoms with Gasteiger partial charge < -0.3 is 9.92 Å². The number of halogens is 3. The SMILES string of the molecule is [B]N(CC(O)c1cccnc1)C(=O)Cc1ccc(C(F)(F)F)nc1. The maximum Gasteiger partial charge on any atom is 0.433 e. The van der Waals surface area contributed by atoms with Crippen LogP contribution in [0.1, 0.15) is 22.9 Å². The maximum absolute atomic E-state index is 12.4. The number of aliphatic hydroxyl groups is 1. The van der Waals surface area contributed by atoms with Crippen LogP contribution in [0.4, 0.5) is 13.2 Å². The Balaban J connectivity index is 1.94. The summed E-state index contributed by atoms with van der Waals surface area (Å²) in [5.74, 6) is -0.556. The zero-order valence-electron chi connectivity index (χ0n) is 12.4. The normalized spacial score (nSPS) is 12.7. The van der Waals surface area contributed by atoms with Gasteiger partial charge in [0.15, 0.2) is 0 Å². The minimum atomic E-state index is -4.53. The molecule has 1 N–H and O–H groups in total. The van der Waals surface area contributed by atoms with Crippen molar-refractivity contribution >= 4 is 13.9 Å². The molecule has 0 saturated carbocycles. The number of nitrogens with zero attached hydrogens (tertiary/aromatic N) is 3. The van der Waals surface area contributed by atoms with Crippen LogP contribution < -0.4 is 0 Å². The van der Waals surface area contributed by atoms with E-state index in [0.717, 1.165) is 17.1 Å². The third-order valence-corrected chi connectivity index (χ3v) is 3.23. The van der Waals surface area contributed by atoms with Crippen molar-refractivity contribution in [3.63, 3.8) is 0 Å². The smallest absolute Gasteiger partial charge is 0.394 e. The van der Waals surface area contributed by atoms with E-state index in [0.29, 0.717) is 11.1 Å². The van der Waals surface area contributed by atoms with E-state index in [1.54, 1.807) is 18.3 Å². The van der Waals surface area contributed by atoms with Crippen molar-refractivity contribution in [1.29, 1.82) is 0 Å². The van der Waals surface area contributed by atoms with Crippen molar-refractivity contribution in [2.45, 2.75) is 18.7 Å². The summed E-state index contributed by atoms with van der Waals surface area (Å²) in [5, 5.41) is 9.98. The molecule has 2 aromatic heterocycles. The van der Waals surface area contributed by atoms with Crippen molar-refractivity contribution in [3.05, 3.63) is 59.7 Å². The Morgan fingerprint density at radius 2 is 2.04 bits per heavy atom. The molecule has 9 heteroatoms. The van der Waals surface area contributed by atoms with E-state index < -0.39 is 23.9 Å². The van der Waals surface area contributed by atoms with Crippen LogP contribution in [0.5, 0.6) is 0 Å². The Bertz CT molecular complexity index is 681. The fourth-order valence-corrected chi connectivity index (χ4v) is 1.94. The molecule has 5 nitrogen and oxygen atoms in total. The van der Waals surface area contributed by atoms with Gasteiger partial charge in [0.1, 0.15) is 5.69 Å². The van der Waals surface area contributed by atoms with Crippen LogP contribution in [0.15, 0.2) is 42.9 Å².